The van der Waals surface area contributed by atoms with Crippen molar-refractivity contribution >= 4 is 15.9 Å². The minimum atomic E-state index is -0.897. The Morgan fingerprint density at radius 3 is 2.30 bits per heavy atom. The van der Waals surface area contributed by atoms with Crippen molar-refractivity contribution in [1.29, 1.82) is 0 Å². The normalized spacial score (nSPS) is 11.6. The van der Waals surface area contributed by atoms with Crippen molar-refractivity contribution in [1.82, 2.24) is 0 Å². The molecule has 20 heavy (non-hydrogen) atoms. The van der Waals surface area contributed by atoms with Gasteiger partial charge in [0, 0.05) is 9.89 Å². The van der Waals surface area contributed by atoms with Crippen molar-refractivity contribution in [3.63, 3.8) is 0 Å². The van der Waals surface area contributed by atoms with Crippen molar-refractivity contribution in [3.8, 4) is 0 Å². The SMILES string of the molecule is OCC(CO)(Cc1ccccc1Br)c1cccc(F)c1. The van der Waals surface area contributed by atoms with Crippen LogP contribution in [0.5, 0.6) is 0 Å². The molecule has 0 bridgehead atoms. The van der Waals surface area contributed by atoms with Crippen LogP contribution in [0.15, 0.2) is 53.0 Å². The molecule has 2 rings (SSSR count). The Balaban J connectivity index is 2.42. The fraction of sp³-hybridized carbons (Fsp3) is 0.250. The van der Waals surface area contributed by atoms with Crippen molar-refractivity contribution in [3.05, 3.63) is 69.9 Å². The van der Waals surface area contributed by atoms with Gasteiger partial charge < -0.3 is 10.2 Å². The van der Waals surface area contributed by atoms with E-state index in [1.54, 1.807) is 12.1 Å². The number of aliphatic hydroxyl groups excluding tert-OH is 2. The van der Waals surface area contributed by atoms with Crippen LogP contribution in [0.2, 0.25) is 0 Å². The molecule has 0 aliphatic rings. The smallest absolute Gasteiger partial charge is 0.123 e. The van der Waals surface area contributed by atoms with Crippen LogP contribution in [0.4, 0.5) is 4.39 Å². The zero-order valence-corrected chi connectivity index (χ0v) is 12.5. The lowest BCUT2D eigenvalue weighted by atomic mass is 9.77. The molecule has 0 aromatic heterocycles. The summed E-state index contributed by atoms with van der Waals surface area (Å²) in [6, 6.07) is 13.6. The highest BCUT2D eigenvalue weighted by atomic mass is 79.9. The maximum Gasteiger partial charge on any atom is 0.123 e. The minimum Gasteiger partial charge on any atom is -0.395 e. The Bertz CT molecular complexity index is 582. The molecule has 0 amide bonds. The van der Waals surface area contributed by atoms with Gasteiger partial charge in [0.25, 0.3) is 0 Å². The lowest BCUT2D eigenvalue weighted by molar-refractivity contribution is 0.116. The number of aliphatic hydroxyl groups is 2. The molecule has 0 unspecified atom stereocenters. The topological polar surface area (TPSA) is 40.5 Å². The molecule has 2 aromatic carbocycles. The molecule has 2 nitrogen and oxygen atoms in total. The van der Waals surface area contributed by atoms with Gasteiger partial charge in [0.1, 0.15) is 5.82 Å². The van der Waals surface area contributed by atoms with E-state index in [2.05, 4.69) is 15.9 Å². The monoisotopic (exact) mass is 338 g/mol. The number of halogens is 2. The van der Waals surface area contributed by atoms with E-state index in [0.29, 0.717) is 12.0 Å². The van der Waals surface area contributed by atoms with Crippen LogP contribution in [0.3, 0.4) is 0 Å². The molecule has 106 valence electrons. The van der Waals surface area contributed by atoms with Gasteiger partial charge in [-0.1, -0.05) is 46.3 Å². The molecule has 2 aromatic rings. The highest BCUT2D eigenvalue weighted by Crippen LogP contribution is 2.31. The Labute approximate surface area is 126 Å². The van der Waals surface area contributed by atoms with Gasteiger partial charge in [-0.05, 0) is 35.7 Å². The van der Waals surface area contributed by atoms with E-state index in [4.69, 9.17) is 0 Å². The molecule has 0 aliphatic heterocycles. The first-order valence-electron chi connectivity index (χ1n) is 6.32. The maximum atomic E-state index is 13.4. The third-order valence-corrected chi connectivity index (χ3v) is 4.30. The fourth-order valence-corrected chi connectivity index (χ4v) is 2.70. The Morgan fingerprint density at radius 2 is 1.70 bits per heavy atom. The Morgan fingerprint density at radius 1 is 1.00 bits per heavy atom. The van der Waals surface area contributed by atoms with Crippen molar-refractivity contribution in [2.75, 3.05) is 13.2 Å². The predicted octanol–water partition coefficient (Wildman–Crippen LogP) is 3.05. The molecular weight excluding hydrogens is 323 g/mol. The predicted molar refractivity (Wildman–Crippen MR) is 80.1 cm³/mol. The lowest BCUT2D eigenvalue weighted by Crippen LogP contribution is -2.37. The average Bonchev–Trinajstić information content (AvgIpc) is 2.47. The van der Waals surface area contributed by atoms with E-state index in [9.17, 15) is 14.6 Å². The summed E-state index contributed by atoms with van der Waals surface area (Å²) in [6.07, 6.45) is 0.422. The second-order valence-electron chi connectivity index (χ2n) is 4.88. The summed E-state index contributed by atoms with van der Waals surface area (Å²) in [7, 11) is 0. The van der Waals surface area contributed by atoms with Gasteiger partial charge in [0.2, 0.25) is 0 Å². The Hall–Kier alpha value is -1.23. The largest absolute Gasteiger partial charge is 0.395 e. The summed E-state index contributed by atoms with van der Waals surface area (Å²) in [6.45, 7) is -0.511. The van der Waals surface area contributed by atoms with E-state index < -0.39 is 5.41 Å². The zero-order valence-electron chi connectivity index (χ0n) is 10.9. The first-order chi connectivity index (χ1) is 9.61. The molecule has 0 atom stereocenters. The lowest BCUT2D eigenvalue weighted by Gasteiger charge is -2.31. The van der Waals surface area contributed by atoms with Gasteiger partial charge >= 0.3 is 0 Å². The first-order valence-corrected chi connectivity index (χ1v) is 7.12. The number of hydrogen-bond acceptors (Lipinski definition) is 2. The number of benzene rings is 2. The van der Waals surface area contributed by atoms with E-state index >= 15 is 0 Å². The molecule has 0 spiro atoms. The summed E-state index contributed by atoms with van der Waals surface area (Å²) < 4.78 is 14.3. The van der Waals surface area contributed by atoms with E-state index in [0.717, 1.165) is 10.0 Å². The highest BCUT2D eigenvalue weighted by molar-refractivity contribution is 9.10. The third-order valence-electron chi connectivity index (χ3n) is 3.53. The van der Waals surface area contributed by atoms with Crippen LogP contribution in [0, 0.1) is 5.82 Å². The summed E-state index contributed by atoms with van der Waals surface area (Å²) in [5, 5.41) is 19.6. The summed E-state index contributed by atoms with van der Waals surface area (Å²) in [4.78, 5) is 0. The second kappa shape index (κ2) is 6.48. The third kappa shape index (κ3) is 3.08. The molecule has 0 aliphatic carbocycles. The Kier molecular flexibility index (Phi) is 4.91. The molecule has 0 saturated carbocycles. The van der Waals surface area contributed by atoms with Gasteiger partial charge in [-0.3, -0.25) is 0 Å². The summed E-state index contributed by atoms with van der Waals surface area (Å²) in [5.74, 6) is -0.374. The van der Waals surface area contributed by atoms with Crippen LogP contribution in [-0.4, -0.2) is 23.4 Å². The van der Waals surface area contributed by atoms with Crippen molar-refractivity contribution in [2.45, 2.75) is 11.8 Å². The van der Waals surface area contributed by atoms with Gasteiger partial charge in [0.05, 0.1) is 13.2 Å². The van der Waals surface area contributed by atoms with Gasteiger partial charge in [-0.2, -0.15) is 0 Å². The summed E-state index contributed by atoms with van der Waals surface area (Å²) >= 11 is 3.46. The van der Waals surface area contributed by atoms with Crippen LogP contribution in [-0.2, 0) is 11.8 Å². The first kappa shape index (κ1) is 15.2. The van der Waals surface area contributed by atoms with Gasteiger partial charge in [-0.25, -0.2) is 4.39 Å². The maximum absolute atomic E-state index is 13.4. The average molecular weight is 339 g/mol. The molecule has 0 saturated heterocycles. The quantitative estimate of drug-likeness (QED) is 0.879. The molecule has 0 radical (unpaired) electrons. The van der Waals surface area contributed by atoms with Gasteiger partial charge in [0.15, 0.2) is 0 Å². The van der Waals surface area contributed by atoms with E-state index in [1.165, 1.54) is 12.1 Å². The van der Waals surface area contributed by atoms with Crippen LogP contribution in [0.1, 0.15) is 11.1 Å². The molecular formula is C16H16BrFO2. The molecule has 2 N–H and O–H groups in total. The molecule has 4 heteroatoms. The fourth-order valence-electron chi connectivity index (χ4n) is 2.27. The second-order valence-corrected chi connectivity index (χ2v) is 5.73. The number of rotatable bonds is 5. The van der Waals surface area contributed by atoms with Crippen molar-refractivity contribution < 1.29 is 14.6 Å². The highest BCUT2D eigenvalue weighted by Gasteiger charge is 2.32. The molecule has 0 fully saturated rings. The summed E-state index contributed by atoms with van der Waals surface area (Å²) in [5.41, 5.74) is 0.657. The minimum absolute atomic E-state index is 0.256. The number of hydrogen-bond donors (Lipinski definition) is 2. The van der Waals surface area contributed by atoms with Crippen molar-refractivity contribution in [2.24, 2.45) is 0 Å². The van der Waals surface area contributed by atoms with Gasteiger partial charge in [-0.15, -0.1) is 0 Å². The van der Waals surface area contributed by atoms with Crippen LogP contribution < -0.4 is 0 Å². The zero-order chi connectivity index (χ0) is 14.6. The van der Waals surface area contributed by atoms with E-state index in [-0.39, 0.29) is 19.0 Å². The standard InChI is InChI=1S/C16H16BrFO2/c17-15-7-2-1-4-12(15)9-16(10-19,11-20)13-5-3-6-14(18)8-13/h1-8,19-20H,9-11H2. The van der Waals surface area contributed by atoms with Crippen LogP contribution >= 0.6 is 15.9 Å². The molecule has 0 heterocycles. The van der Waals surface area contributed by atoms with Crippen LogP contribution in [0.25, 0.3) is 0 Å². The van der Waals surface area contributed by atoms with E-state index in [1.807, 2.05) is 24.3 Å².